The molecule has 1 amide bonds. The highest BCUT2D eigenvalue weighted by atomic mass is 19.4. The standard InChI is InChI=1S/C18H19F3N4O2/c1-11-8-15(26)16(17(27)23-13-5-3-7-22-10-13)24-25(11)14-6-2-4-12(9-14)18(19,20)21/h2,4,6,8-9,13,22H,3,5,7,10H2,1H3,(H,23,27). The SMILES string of the molecule is Cc1cc(=O)c(C(=O)NC2CCCNC2)nn1-c1cccc(C(F)(F)F)c1. The number of hydrogen-bond donors (Lipinski definition) is 2. The Hall–Kier alpha value is -2.68. The number of aromatic nitrogens is 2. The predicted molar refractivity (Wildman–Crippen MR) is 92.9 cm³/mol. The number of nitrogens with zero attached hydrogens (tertiary/aromatic N) is 2. The number of halogens is 3. The van der Waals surface area contributed by atoms with Crippen molar-refractivity contribution in [3.8, 4) is 5.69 Å². The molecule has 1 saturated heterocycles. The van der Waals surface area contributed by atoms with Crippen LogP contribution >= 0.6 is 0 Å². The number of piperidine rings is 1. The van der Waals surface area contributed by atoms with Crippen molar-refractivity contribution in [1.82, 2.24) is 20.4 Å². The number of hydrogen-bond acceptors (Lipinski definition) is 4. The Labute approximate surface area is 153 Å². The van der Waals surface area contributed by atoms with Crippen LogP contribution < -0.4 is 16.1 Å². The van der Waals surface area contributed by atoms with Gasteiger partial charge >= 0.3 is 6.18 Å². The largest absolute Gasteiger partial charge is 0.416 e. The zero-order valence-electron chi connectivity index (χ0n) is 14.6. The van der Waals surface area contributed by atoms with E-state index >= 15 is 0 Å². The normalized spacial score (nSPS) is 17.6. The molecule has 1 unspecified atom stereocenters. The number of nitrogens with one attached hydrogen (secondary N) is 2. The highest BCUT2D eigenvalue weighted by Gasteiger charge is 2.30. The molecule has 2 aromatic rings. The fraction of sp³-hybridized carbons (Fsp3) is 0.389. The van der Waals surface area contributed by atoms with Gasteiger partial charge in [0.2, 0.25) is 5.43 Å². The van der Waals surface area contributed by atoms with Gasteiger partial charge in [0.1, 0.15) is 0 Å². The molecule has 0 spiro atoms. The molecule has 1 aliphatic rings. The van der Waals surface area contributed by atoms with Gasteiger partial charge in [0.25, 0.3) is 5.91 Å². The van der Waals surface area contributed by atoms with Crippen LogP contribution in [-0.4, -0.2) is 34.8 Å². The van der Waals surface area contributed by atoms with Crippen molar-refractivity contribution in [1.29, 1.82) is 0 Å². The summed E-state index contributed by atoms with van der Waals surface area (Å²) in [6.07, 6.45) is -2.82. The Morgan fingerprint density at radius 3 is 2.78 bits per heavy atom. The van der Waals surface area contributed by atoms with Crippen LogP contribution in [0.1, 0.15) is 34.6 Å². The highest BCUT2D eigenvalue weighted by Crippen LogP contribution is 2.30. The highest BCUT2D eigenvalue weighted by molar-refractivity contribution is 5.92. The summed E-state index contributed by atoms with van der Waals surface area (Å²) in [7, 11) is 0. The van der Waals surface area contributed by atoms with Crippen LogP contribution in [0.4, 0.5) is 13.2 Å². The summed E-state index contributed by atoms with van der Waals surface area (Å²) in [6.45, 7) is 3.01. The fourth-order valence-corrected chi connectivity index (χ4v) is 3.01. The Balaban J connectivity index is 1.95. The number of carbonyl (C=O) groups is 1. The first kappa shape index (κ1) is 19.1. The van der Waals surface area contributed by atoms with E-state index < -0.39 is 23.1 Å². The third-order valence-corrected chi connectivity index (χ3v) is 4.37. The van der Waals surface area contributed by atoms with Gasteiger partial charge in [0.15, 0.2) is 5.69 Å². The number of benzene rings is 1. The monoisotopic (exact) mass is 380 g/mol. The van der Waals surface area contributed by atoms with Gasteiger partial charge in [-0.05, 0) is 44.5 Å². The Morgan fingerprint density at radius 1 is 1.33 bits per heavy atom. The molecule has 2 N–H and O–H groups in total. The summed E-state index contributed by atoms with van der Waals surface area (Å²) in [5.41, 5.74) is -1.30. The lowest BCUT2D eigenvalue weighted by Crippen LogP contribution is -2.47. The van der Waals surface area contributed by atoms with Gasteiger partial charge in [-0.3, -0.25) is 9.59 Å². The summed E-state index contributed by atoms with van der Waals surface area (Å²) in [4.78, 5) is 24.7. The lowest BCUT2D eigenvalue weighted by molar-refractivity contribution is -0.137. The molecule has 0 bridgehead atoms. The average molecular weight is 380 g/mol. The predicted octanol–water partition coefficient (Wildman–Crippen LogP) is 2.04. The van der Waals surface area contributed by atoms with Crippen LogP contribution in [0, 0.1) is 6.92 Å². The maximum atomic E-state index is 13.0. The van der Waals surface area contributed by atoms with E-state index in [2.05, 4.69) is 15.7 Å². The third-order valence-electron chi connectivity index (χ3n) is 4.37. The van der Waals surface area contributed by atoms with Crippen LogP contribution in [0.25, 0.3) is 5.69 Å². The molecule has 2 heterocycles. The quantitative estimate of drug-likeness (QED) is 0.855. The first-order valence-electron chi connectivity index (χ1n) is 8.56. The van der Waals surface area contributed by atoms with Crippen molar-refractivity contribution >= 4 is 5.91 Å². The second-order valence-electron chi connectivity index (χ2n) is 6.48. The summed E-state index contributed by atoms with van der Waals surface area (Å²) in [5.74, 6) is -0.630. The smallest absolute Gasteiger partial charge is 0.347 e. The van der Waals surface area contributed by atoms with Crippen LogP contribution in [0.5, 0.6) is 0 Å². The third kappa shape index (κ3) is 4.36. The van der Waals surface area contributed by atoms with Gasteiger partial charge in [-0.2, -0.15) is 18.3 Å². The molecule has 1 atom stereocenters. The van der Waals surface area contributed by atoms with Gasteiger partial charge in [-0.25, -0.2) is 4.68 Å². The summed E-state index contributed by atoms with van der Waals surface area (Å²) in [5, 5.41) is 9.94. The molecular weight excluding hydrogens is 361 g/mol. The van der Waals surface area contributed by atoms with Crippen molar-refractivity contribution in [3.63, 3.8) is 0 Å². The molecule has 6 nitrogen and oxygen atoms in total. The maximum absolute atomic E-state index is 13.0. The van der Waals surface area contributed by atoms with E-state index in [9.17, 15) is 22.8 Å². The van der Waals surface area contributed by atoms with E-state index in [0.29, 0.717) is 12.2 Å². The molecule has 0 aliphatic carbocycles. The minimum Gasteiger partial charge on any atom is -0.347 e. The second kappa shape index (κ2) is 7.51. The number of alkyl halides is 3. The lowest BCUT2D eigenvalue weighted by atomic mass is 10.1. The van der Waals surface area contributed by atoms with Crippen LogP contribution in [-0.2, 0) is 6.18 Å². The van der Waals surface area contributed by atoms with Gasteiger partial charge in [-0.15, -0.1) is 0 Å². The molecule has 1 fully saturated rings. The fourth-order valence-electron chi connectivity index (χ4n) is 3.01. The Bertz CT molecular complexity index is 902. The minimum atomic E-state index is -4.50. The molecule has 1 aromatic carbocycles. The van der Waals surface area contributed by atoms with E-state index in [-0.39, 0.29) is 17.4 Å². The van der Waals surface area contributed by atoms with E-state index in [0.717, 1.165) is 31.5 Å². The summed E-state index contributed by atoms with van der Waals surface area (Å²) < 4.78 is 40.1. The van der Waals surface area contributed by atoms with Gasteiger partial charge in [-0.1, -0.05) is 6.07 Å². The van der Waals surface area contributed by atoms with E-state index in [1.165, 1.54) is 22.9 Å². The topological polar surface area (TPSA) is 76.0 Å². The van der Waals surface area contributed by atoms with Gasteiger partial charge < -0.3 is 10.6 Å². The number of amides is 1. The average Bonchev–Trinajstić information content (AvgIpc) is 2.62. The van der Waals surface area contributed by atoms with Crippen molar-refractivity contribution in [2.24, 2.45) is 0 Å². The lowest BCUT2D eigenvalue weighted by Gasteiger charge is -2.23. The molecule has 144 valence electrons. The van der Waals surface area contributed by atoms with E-state index in [4.69, 9.17) is 0 Å². The molecule has 0 saturated carbocycles. The molecule has 0 radical (unpaired) electrons. The molecular formula is C18H19F3N4O2. The van der Waals surface area contributed by atoms with Gasteiger partial charge in [0.05, 0.1) is 11.3 Å². The zero-order valence-corrected chi connectivity index (χ0v) is 14.6. The van der Waals surface area contributed by atoms with Crippen molar-refractivity contribution in [2.45, 2.75) is 32.0 Å². The number of rotatable bonds is 3. The van der Waals surface area contributed by atoms with Gasteiger partial charge in [0, 0.05) is 24.3 Å². The zero-order chi connectivity index (χ0) is 19.6. The van der Waals surface area contributed by atoms with E-state index in [1.807, 2.05) is 0 Å². The second-order valence-corrected chi connectivity index (χ2v) is 6.48. The summed E-state index contributed by atoms with van der Waals surface area (Å²) in [6, 6.07) is 5.65. The minimum absolute atomic E-state index is 0.115. The molecule has 9 heteroatoms. The van der Waals surface area contributed by atoms with Crippen LogP contribution in [0.15, 0.2) is 35.1 Å². The van der Waals surface area contributed by atoms with Crippen molar-refractivity contribution < 1.29 is 18.0 Å². The Morgan fingerprint density at radius 2 is 2.11 bits per heavy atom. The van der Waals surface area contributed by atoms with Crippen molar-refractivity contribution in [2.75, 3.05) is 13.1 Å². The van der Waals surface area contributed by atoms with Crippen LogP contribution in [0.3, 0.4) is 0 Å². The Kier molecular flexibility index (Phi) is 5.31. The maximum Gasteiger partial charge on any atom is 0.416 e. The first-order valence-corrected chi connectivity index (χ1v) is 8.56. The van der Waals surface area contributed by atoms with E-state index in [1.54, 1.807) is 6.92 Å². The summed E-state index contributed by atoms with van der Waals surface area (Å²) >= 11 is 0. The number of carbonyl (C=O) groups excluding carboxylic acids is 1. The first-order chi connectivity index (χ1) is 12.8. The molecule has 3 rings (SSSR count). The molecule has 27 heavy (non-hydrogen) atoms. The van der Waals surface area contributed by atoms with Crippen LogP contribution in [0.2, 0.25) is 0 Å². The van der Waals surface area contributed by atoms with Crippen molar-refractivity contribution in [3.05, 3.63) is 57.5 Å². The molecule has 1 aromatic heterocycles. The number of aryl methyl sites for hydroxylation is 1. The molecule has 1 aliphatic heterocycles.